The number of rotatable bonds is 12. The molecular formula is C22H34N2O5S. The van der Waals surface area contributed by atoms with E-state index in [0.717, 1.165) is 31.2 Å². The Morgan fingerprint density at radius 1 is 1.10 bits per heavy atom. The maximum atomic E-state index is 12.6. The molecule has 168 valence electrons. The molecule has 30 heavy (non-hydrogen) atoms. The number of amides is 2. The summed E-state index contributed by atoms with van der Waals surface area (Å²) in [5.41, 5.74) is 0.529. The summed E-state index contributed by atoms with van der Waals surface area (Å²) in [5.74, 6) is -0.228. The van der Waals surface area contributed by atoms with Crippen molar-refractivity contribution in [1.82, 2.24) is 10.6 Å². The van der Waals surface area contributed by atoms with Gasteiger partial charge in [0.15, 0.2) is 0 Å². The molecule has 0 fully saturated rings. The van der Waals surface area contributed by atoms with Crippen LogP contribution in [0.3, 0.4) is 0 Å². The Morgan fingerprint density at radius 3 is 2.33 bits per heavy atom. The first-order valence-corrected chi connectivity index (χ1v) is 11.4. The number of benzene rings is 1. The summed E-state index contributed by atoms with van der Waals surface area (Å²) in [4.78, 5) is 35.7. The van der Waals surface area contributed by atoms with Crippen molar-refractivity contribution in [2.24, 2.45) is 0 Å². The van der Waals surface area contributed by atoms with Crippen LogP contribution >= 0.6 is 11.8 Å². The minimum Gasteiger partial charge on any atom is -0.478 e. The van der Waals surface area contributed by atoms with Gasteiger partial charge >= 0.3 is 12.1 Å². The molecule has 0 aliphatic carbocycles. The van der Waals surface area contributed by atoms with E-state index < -0.39 is 23.7 Å². The van der Waals surface area contributed by atoms with E-state index in [1.807, 2.05) is 0 Å². The first kappa shape index (κ1) is 25.8. The van der Waals surface area contributed by atoms with Crippen molar-refractivity contribution in [3.05, 3.63) is 35.4 Å². The lowest BCUT2D eigenvalue weighted by Crippen LogP contribution is -2.49. The quantitative estimate of drug-likeness (QED) is 0.422. The number of hydrogen-bond donors (Lipinski definition) is 3. The Labute approximate surface area is 183 Å². The number of hydrogen-bond acceptors (Lipinski definition) is 5. The molecule has 1 aromatic carbocycles. The third-order valence-corrected chi connectivity index (χ3v) is 5.20. The molecule has 0 spiro atoms. The minimum atomic E-state index is -0.966. The van der Waals surface area contributed by atoms with Crippen molar-refractivity contribution in [1.29, 1.82) is 0 Å². The molecule has 0 radical (unpaired) electrons. The van der Waals surface area contributed by atoms with Gasteiger partial charge in [-0.15, -0.1) is 0 Å². The standard InChI is InChI=1S/C22H34N2O5S/c1-5-6-7-8-13-23-19(25)18(24-21(28)29-22(2,3)4)15-30-14-16-9-11-17(12-10-16)20(26)27/h9-12,18H,5-8,13-15H2,1-4H3,(H,23,25)(H,24,28)(H,26,27)/t18-/m1/s1. The van der Waals surface area contributed by atoms with Crippen molar-refractivity contribution >= 4 is 29.7 Å². The summed E-state index contributed by atoms with van der Waals surface area (Å²) in [5, 5.41) is 14.5. The highest BCUT2D eigenvalue weighted by Gasteiger charge is 2.24. The van der Waals surface area contributed by atoms with E-state index in [0.29, 0.717) is 18.1 Å². The Balaban J connectivity index is 2.61. The maximum Gasteiger partial charge on any atom is 0.408 e. The number of carbonyl (C=O) groups excluding carboxylic acids is 2. The van der Waals surface area contributed by atoms with E-state index in [1.54, 1.807) is 45.0 Å². The van der Waals surface area contributed by atoms with Crippen LogP contribution in [0.15, 0.2) is 24.3 Å². The van der Waals surface area contributed by atoms with Crippen LogP contribution in [0.25, 0.3) is 0 Å². The van der Waals surface area contributed by atoms with Gasteiger partial charge in [-0.05, 0) is 44.9 Å². The zero-order valence-electron chi connectivity index (χ0n) is 18.3. The van der Waals surface area contributed by atoms with Gasteiger partial charge in [-0.3, -0.25) is 4.79 Å². The van der Waals surface area contributed by atoms with Gasteiger partial charge < -0.3 is 20.5 Å². The lowest BCUT2D eigenvalue weighted by Gasteiger charge is -2.23. The first-order valence-electron chi connectivity index (χ1n) is 10.3. The van der Waals surface area contributed by atoms with Gasteiger partial charge in [0.25, 0.3) is 0 Å². The van der Waals surface area contributed by atoms with Crippen LogP contribution in [0.5, 0.6) is 0 Å². The topological polar surface area (TPSA) is 105 Å². The number of thioether (sulfide) groups is 1. The number of aromatic carboxylic acids is 1. The fourth-order valence-electron chi connectivity index (χ4n) is 2.56. The second-order valence-electron chi connectivity index (χ2n) is 8.07. The van der Waals surface area contributed by atoms with Crippen LogP contribution in [-0.4, -0.2) is 47.0 Å². The van der Waals surface area contributed by atoms with Gasteiger partial charge in [-0.2, -0.15) is 11.8 Å². The molecule has 0 aliphatic heterocycles. The summed E-state index contributed by atoms with van der Waals surface area (Å²) in [7, 11) is 0. The normalized spacial score (nSPS) is 12.1. The van der Waals surface area contributed by atoms with E-state index in [2.05, 4.69) is 17.6 Å². The number of nitrogens with one attached hydrogen (secondary N) is 2. The van der Waals surface area contributed by atoms with Gasteiger partial charge in [0.2, 0.25) is 5.91 Å². The Morgan fingerprint density at radius 2 is 1.77 bits per heavy atom. The zero-order chi connectivity index (χ0) is 22.6. The molecule has 0 bridgehead atoms. The first-order chi connectivity index (χ1) is 14.1. The minimum absolute atomic E-state index is 0.230. The van der Waals surface area contributed by atoms with Gasteiger partial charge in [0.1, 0.15) is 11.6 Å². The molecule has 1 atom stereocenters. The van der Waals surface area contributed by atoms with Crippen LogP contribution in [0.2, 0.25) is 0 Å². The van der Waals surface area contributed by atoms with Crippen LogP contribution in [-0.2, 0) is 15.3 Å². The Bertz CT molecular complexity index is 686. The number of carboxylic acid groups (broad SMARTS) is 1. The number of alkyl carbamates (subject to hydrolysis) is 1. The fraction of sp³-hybridized carbons (Fsp3) is 0.591. The number of ether oxygens (including phenoxy) is 1. The second-order valence-corrected chi connectivity index (χ2v) is 9.10. The summed E-state index contributed by atoms with van der Waals surface area (Å²) in [6.45, 7) is 8.01. The lowest BCUT2D eigenvalue weighted by atomic mass is 10.1. The highest BCUT2D eigenvalue weighted by Crippen LogP contribution is 2.15. The van der Waals surface area contributed by atoms with Crippen molar-refractivity contribution < 1.29 is 24.2 Å². The van der Waals surface area contributed by atoms with Crippen molar-refractivity contribution in [2.75, 3.05) is 12.3 Å². The third kappa shape index (κ3) is 11.1. The van der Waals surface area contributed by atoms with E-state index in [4.69, 9.17) is 9.84 Å². The van der Waals surface area contributed by atoms with Crippen LogP contribution in [0.1, 0.15) is 69.3 Å². The molecule has 3 N–H and O–H groups in total. The number of unbranched alkanes of at least 4 members (excludes halogenated alkanes) is 3. The molecule has 2 amide bonds. The summed E-state index contributed by atoms with van der Waals surface area (Å²) in [6, 6.07) is 5.89. The Kier molecular flexibility index (Phi) is 11.3. The highest BCUT2D eigenvalue weighted by atomic mass is 32.2. The van der Waals surface area contributed by atoms with Crippen molar-refractivity contribution in [3.63, 3.8) is 0 Å². The monoisotopic (exact) mass is 438 g/mol. The van der Waals surface area contributed by atoms with E-state index in [9.17, 15) is 14.4 Å². The van der Waals surface area contributed by atoms with Crippen molar-refractivity contribution in [2.45, 2.75) is 70.8 Å². The molecule has 0 heterocycles. The average molecular weight is 439 g/mol. The van der Waals surface area contributed by atoms with E-state index in [-0.39, 0.29) is 11.5 Å². The predicted octanol–water partition coefficient (Wildman–Crippen LogP) is 4.21. The predicted molar refractivity (Wildman–Crippen MR) is 120 cm³/mol. The summed E-state index contributed by atoms with van der Waals surface area (Å²) < 4.78 is 5.28. The van der Waals surface area contributed by atoms with Gasteiger partial charge in [-0.25, -0.2) is 9.59 Å². The summed E-state index contributed by atoms with van der Waals surface area (Å²) in [6.07, 6.45) is 3.59. The van der Waals surface area contributed by atoms with E-state index in [1.165, 1.54) is 11.8 Å². The molecular weight excluding hydrogens is 404 g/mol. The molecule has 8 heteroatoms. The Hall–Kier alpha value is -2.22. The number of carbonyl (C=O) groups is 3. The van der Waals surface area contributed by atoms with Gasteiger partial charge in [-0.1, -0.05) is 38.3 Å². The maximum absolute atomic E-state index is 12.6. The second kappa shape index (κ2) is 13.2. The summed E-state index contributed by atoms with van der Waals surface area (Å²) >= 11 is 1.49. The molecule has 0 unspecified atom stereocenters. The average Bonchev–Trinajstić information content (AvgIpc) is 2.65. The lowest BCUT2D eigenvalue weighted by molar-refractivity contribution is -0.122. The smallest absolute Gasteiger partial charge is 0.408 e. The highest BCUT2D eigenvalue weighted by molar-refractivity contribution is 7.98. The van der Waals surface area contributed by atoms with E-state index >= 15 is 0 Å². The van der Waals surface area contributed by atoms with Crippen LogP contribution in [0, 0.1) is 0 Å². The molecule has 0 saturated carbocycles. The molecule has 1 aromatic rings. The van der Waals surface area contributed by atoms with Crippen LogP contribution < -0.4 is 10.6 Å². The molecule has 1 rings (SSSR count). The van der Waals surface area contributed by atoms with Gasteiger partial charge in [0, 0.05) is 18.1 Å². The largest absolute Gasteiger partial charge is 0.478 e. The fourth-order valence-corrected chi connectivity index (χ4v) is 3.57. The van der Waals surface area contributed by atoms with Crippen molar-refractivity contribution in [3.8, 4) is 0 Å². The number of carboxylic acids is 1. The zero-order valence-corrected chi connectivity index (χ0v) is 19.1. The van der Waals surface area contributed by atoms with Crippen LogP contribution in [0.4, 0.5) is 4.79 Å². The SMILES string of the molecule is CCCCCCNC(=O)[C@@H](CSCc1ccc(C(=O)O)cc1)NC(=O)OC(C)(C)C. The molecule has 7 nitrogen and oxygen atoms in total. The van der Waals surface area contributed by atoms with Gasteiger partial charge in [0.05, 0.1) is 5.56 Å². The molecule has 0 aliphatic rings. The third-order valence-electron chi connectivity index (χ3n) is 4.09. The molecule has 0 aromatic heterocycles. The molecule has 0 saturated heterocycles.